The lowest BCUT2D eigenvalue weighted by molar-refractivity contribution is 0.437. The van der Waals surface area contributed by atoms with Crippen LogP contribution in [0.25, 0.3) is 22.3 Å². The Morgan fingerprint density at radius 3 is 1.60 bits per heavy atom. The van der Waals surface area contributed by atoms with E-state index < -0.39 is 36.1 Å². The molecule has 2 N–H and O–H groups in total. The van der Waals surface area contributed by atoms with E-state index in [1.165, 1.54) is 6.07 Å². The van der Waals surface area contributed by atoms with Crippen LogP contribution in [-0.4, -0.2) is 35.2 Å². The first-order valence-electron chi connectivity index (χ1n) is 14.9. The average Bonchev–Trinajstić information content (AvgIpc) is 2.79. The highest BCUT2D eigenvalue weighted by atomic mass is 28.4. The summed E-state index contributed by atoms with van der Waals surface area (Å²) in [5.74, 6) is 0.690. The smallest absolute Gasteiger partial charge is 0.250 e. The molecule has 0 saturated heterocycles. The highest BCUT2D eigenvalue weighted by molar-refractivity contribution is 6.75. The van der Waals surface area contributed by atoms with Gasteiger partial charge in [-0.25, -0.2) is 0 Å². The van der Waals surface area contributed by atoms with E-state index in [-0.39, 0.29) is 37.6 Å². The van der Waals surface area contributed by atoms with E-state index in [1.54, 1.807) is 18.2 Å². The molecule has 1 aromatic heterocycles. The Labute approximate surface area is 260 Å². The molecule has 2 aromatic carbocycles. The summed E-state index contributed by atoms with van der Waals surface area (Å²) in [6.45, 7) is 32.3. The number of fused-ring (bicyclic) bond motifs is 1. The fourth-order valence-corrected chi connectivity index (χ4v) is 6.69. The zero-order valence-electron chi connectivity index (χ0n) is 28.8. The van der Waals surface area contributed by atoms with Gasteiger partial charge < -0.3 is 27.9 Å². The van der Waals surface area contributed by atoms with Crippen LogP contribution < -0.4 is 18.7 Å². The molecule has 0 aliphatic rings. The Hall–Kier alpha value is -2.70. The van der Waals surface area contributed by atoms with Crippen molar-refractivity contribution < 1.29 is 27.9 Å². The molecule has 3 rings (SSSR count). The van der Waals surface area contributed by atoms with Crippen molar-refractivity contribution >= 4 is 35.9 Å². The molecule has 3 aromatic rings. The first-order valence-corrected chi connectivity index (χ1v) is 23.7. The predicted octanol–water partition coefficient (Wildman–Crippen LogP) is 10.0. The van der Waals surface area contributed by atoms with Gasteiger partial charge in [-0.2, -0.15) is 0 Å². The number of phenols is 1. The van der Waals surface area contributed by atoms with Gasteiger partial charge in [-0.3, -0.25) is 4.79 Å². The lowest BCUT2D eigenvalue weighted by Crippen LogP contribution is -2.45. The maximum Gasteiger partial charge on any atom is 0.250 e. The number of hydrogen-bond donors (Lipinski definition) is 2. The molecule has 10 heteroatoms. The summed E-state index contributed by atoms with van der Waals surface area (Å²) in [7, 11) is -6.78. The number of hydrogen-bond acceptors (Lipinski definition) is 7. The largest absolute Gasteiger partial charge is 0.543 e. The Morgan fingerprint density at radius 1 is 0.651 bits per heavy atom. The standard InChI is InChI=1S/C33H52O7Si3/c1-31(2,3)41(10,11)38-22-19-23(34)27-26(20-22)37-30(29(36)28(27)35)21-16-17-24(39-42(12,13)32(4,5)6)25(18-21)40-43(14,15)33(7,8)9/h16-20,34,36H,1-15H3. The normalized spacial score (nSPS) is 13.7. The highest BCUT2D eigenvalue weighted by Crippen LogP contribution is 2.46. The van der Waals surface area contributed by atoms with Crippen molar-refractivity contribution in [2.24, 2.45) is 0 Å². The summed E-state index contributed by atoms with van der Waals surface area (Å²) in [4.78, 5) is 13.4. The molecule has 0 bridgehead atoms. The predicted molar refractivity (Wildman–Crippen MR) is 185 cm³/mol. The minimum atomic E-state index is -2.31. The third-order valence-corrected chi connectivity index (χ3v) is 22.7. The summed E-state index contributed by atoms with van der Waals surface area (Å²) in [5, 5.41) is 21.6. The van der Waals surface area contributed by atoms with Crippen LogP contribution in [0.5, 0.6) is 28.7 Å². The van der Waals surface area contributed by atoms with Gasteiger partial charge in [-0.1, -0.05) is 62.3 Å². The molecule has 0 unspecified atom stereocenters. The molecule has 0 atom stereocenters. The zero-order valence-corrected chi connectivity index (χ0v) is 31.8. The molecule has 0 spiro atoms. The minimum absolute atomic E-state index is 0.0136. The monoisotopic (exact) mass is 644 g/mol. The Bertz CT molecular complexity index is 1570. The molecule has 0 fully saturated rings. The molecule has 0 radical (unpaired) electrons. The van der Waals surface area contributed by atoms with Crippen LogP contribution in [0.1, 0.15) is 62.3 Å². The van der Waals surface area contributed by atoms with Gasteiger partial charge in [-0.15, -0.1) is 0 Å². The maximum absolute atomic E-state index is 13.4. The van der Waals surface area contributed by atoms with Crippen LogP contribution in [0.2, 0.25) is 54.4 Å². The van der Waals surface area contributed by atoms with Gasteiger partial charge in [0.15, 0.2) is 5.76 Å². The quantitative estimate of drug-likeness (QED) is 0.247. The van der Waals surface area contributed by atoms with Crippen molar-refractivity contribution in [2.45, 2.75) is 117 Å². The lowest BCUT2D eigenvalue weighted by Gasteiger charge is -2.39. The molecule has 1 heterocycles. The third-order valence-electron chi connectivity index (χ3n) is 9.65. The second-order valence-electron chi connectivity index (χ2n) is 16.2. The van der Waals surface area contributed by atoms with Crippen molar-refractivity contribution in [1.82, 2.24) is 0 Å². The molecule has 0 amide bonds. The van der Waals surface area contributed by atoms with E-state index in [1.807, 2.05) is 6.07 Å². The Morgan fingerprint density at radius 2 is 1.12 bits per heavy atom. The van der Waals surface area contributed by atoms with E-state index in [4.69, 9.17) is 17.7 Å². The van der Waals surface area contributed by atoms with Crippen LogP contribution in [0, 0.1) is 0 Å². The topological polar surface area (TPSA) is 98.4 Å². The number of aromatic hydroxyl groups is 2. The van der Waals surface area contributed by atoms with Crippen LogP contribution in [0.4, 0.5) is 0 Å². The summed E-state index contributed by atoms with van der Waals surface area (Å²) in [6.07, 6.45) is 0. The maximum atomic E-state index is 13.4. The fraction of sp³-hybridized carbons (Fsp3) is 0.545. The second-order valence-corrected chi connectivity index (χ2v) is 30.3. The molecular weight excluding hydrogens is 593 g/mol. The van der Waals surface area contributed by atoms with E-state index in [9.17, 15) is 15.0 Å². The van der Waals surface area contributed by atoms with Crippen molar-refractivity contribution in [3.63, 3.8) is 0 Å². The van der Waals surface area contributed by atoms with Crippen molar-refractivity contribution in [3.05, 3.63) is 40.6 Å². The van der Waals surface area contributed by atoms with Gasteiger partial charge in [-0.05, 0) is 72.6 Å². The van der Waals surface area contributed by atoms with Crippen molar-refractivity contribution in [3.8, 4) is 40.1 Å². The second kappa shape index (κ2) is 11.0. The fourth-order valence-electron chi connectivity index (χ4n) is 3.64. The Balaban J connectivity index is 2.24. The third kappa shape index (κ3) is 7.01. The van der Waals surface area contributed by atoms with E-state index in [2.05, 4.69) is 102 Å². The van der Waals surface area contributed by atoms with Gasteiger partial charge in [0.05, 0.1) is 0 Å². The summed E-state index contributed by atoms with van der Waals surface area (Å²) in [5.41, 5.74) is -0.135. The number of phenolic OH excluding ortho intramolecular Hbond substituents is 1. The van der Waals surface area contributed by atoms with Crippen LogP contribution in [-0.2, 0) is 0 Å². The van der Waals surface area contributed by atoms with Crippen molar-refractivity contribution in [2.75, 3.05) is 0 Å². The van der Waals surface area contributed by atoms with E-state index in [0.717, 1.165) is 0 Å². The van der Waals surface area contributed by atoms with Crippen LogP contribution >= 0.6 is 0 Å². The molecular formula is C33H52O7Si3. The van der Waals surface area contributed by atoms with Gasteiger partial charge in [0.25, 0.3) is 16.6 Å². The number of rotatable bonds is 7. The molecule has 0 aliphatic carbocycles. The van der Waals surface area contributed by atoms with E-state index >= 15 is 0 Å². The van der Waals surface area contributed by atoms with Crippen molar-refractivity contribution in [1.29, 1.82) is 0 Å². The highest BCUT2D eigenvalue weighted by Gasteiger charge is 2.42. The molecule has 7 nitrogen and oxygen atoms in total. The van der Waals surface area contributed by atoms with Gasteiger partial charge in [0, 0.05) is 17.7 Å². The average molecular weight is 645 g/mol. The Kier molecular flexibility index (Phi) is 8.92. The molecule has 238 valence electrons. The summed E-state index contributed by atoms with van der Waals surface area (Å²) in [6, 6.07) is 8.40. The summed E-state index contributed by atoms with van der Waals surface area (Å²) >= 11 is 0. The first kappa shape index (κ1) is 34.8. The lowest BCUT2D eigenvalue weighted by atomic mass is 10.1. The van der Waals surface area contributed by atoms with E-state index in [0.29, 0.717) is 22.8 Å². The van der Waals surface area contributed by atoms with Gasteiger partial charge >= 0.3 is 0 Å². The number of benzene rings is 2. The van der Waals surface area contributed by atoms with Crippen LogP contribution in [0.3, 0.4) is 0 Å². The first-order chi connectivity index (χ1) is 19.2. The summed E-state index contributed by atoms with van der Waals surface area (Å²) < 4.78 is 26.1. The zero-order chi connectivity index (χ0) is 33.1. The minimum Gasteiger partial charge on any atom is -0.543 e. The molecule has 43 heavy (non-hydrogen) atoms. The van der Waals surface area contributed by atoms with Gasteiger partial charge in [0.1, 0.15) is 34.0 Å². The van der Waals surface area contributed by atoms with Crippen LogP contribution in [0.15, 0.2) is 39.5 Å². The van der Waals surface area contributed by atoms with Gasteiger partial charge in [0.2, 0.25) is 19.5 Å². The SMILES string of the molecule is CC(C)(C)[Si](C)(C)Oc1cc(O)c2c(=O)c(O)c(-c3ccc(O[Si](C)(C)C(C)(C)C)c(O[Si](C)(C)C(C)(C)C)c3)oc2c1. The molecule has 0 aliphatic heterocycles. The molecule has 0 saturated carbocycles.